The molecule has 4 rings (SSSR count). The van der Waals surface area contributed by atoms with Crippen molar-refractivity contribution in [1.29, 1.82) is 0 Å². The highest BCUT2D eigenvalue weighted by Gasteiger charge is 2.55. The molecule has 0 aromatic rings. The Morgan fingerprint density at radius 1 is 0.609 bits per heavy atom. The van der Waals surface area contributed by atoms with Crippen LogP contribution in [0.4, 0.5) is 0 Å². The molecule has 0 saturated carbocycles. The molecule has 4 fully saturated rings. The fourth-order valence-corrected chi connectivity index (χ4v) is 8.13. The second-order valence-electron chi connectivity index (χ2n) is 15.9. The van der Waals surface area contributed by atoms with Crippen molar-refractivity contribution in [3.05, 3.63) is 0 Å². The zero-order chi connectivity index (χ0) is 47.4. The molecule has 0 amide bonds. The number of aliphatic hydroxyl groups is 8. The van der Waals surface area contributed by atoms with E-state index in [0.717, 1.165) is 0 Å². The monoisotopic (exact) mass is 934 g/mol. The van der Waals surface area contributed by atoms with E-state index in [0.29, 0.717) is 0 Å². The summed E-state index contributed by atoms with van der Waals surface area (Å²) in [7, 11) is 1.37. The largest absolute Gasteiger partial charge is 0.481 e. The van der Waals surface area contributed by atoms with E-state index in [9.17, 15) is 70.6 Å². The standard InChI is InChI=1S/C37H66N4O23/c1-3-57-30-15(9-42)60-36(24(28(30)52)40-7-6-21(48)49)64-32-17(11-44)59-35(23(39)27(32)51)62-33-18(12-45)61-37(25(29(33)53)41-8-14(34(54)55)4-5-20(46)47)63-31-16(10-43)58-19(13-56-2)22(38)26(31)50/h14-19,22-33,35-37,40-45,50-53H,3-13,38-39H2,1-2H3,(H,46,47)(H,48,49)(H,54,55). The number of nitrogens with one attached hydrogen (secondary N) is 2. The van der Waals surface area contributed by atoms with E-state index in [4.69, 9.17) is 54.1 Å². The molecule has 372 valence electrons. The molecule has 0 aliphatic carbocycles. The van der Waals surface area contributed by atoms with E-state index in [1.807, 2.05) is 0 Å². The maximum Gasteiger partial charge on any atom is 0.307 e. The zero-order valence-electron chi connectivity index (χ0n) is 35.4. The van der Waals surface area contributed by atoms with Crippen LogP contribution in [-0.2, 0) is 57.0 Å². The molecular formula is C37H66N4O23. The van der Waals surface area contributed by atoms with Crippen LogP contribution >= 0.6 is 0 Å². The van der Waals surface area contributed by atoms with E-state index in [2.05, 4.69) is 10.6 Å². The molecule has 21 unspecified atom stereocenters. The first kappa shape index (κ1) is 54.2. The molecule has 0 bridgehead atoms. The molecule has 27 nitrogen and oxygen atoms in total. The van der Waals surface area contributed by atoms with Gasteiger partial charge in [-0.2, -0.15) is 0 Å². The minimum atomic E-state index is -1.85. The van der Waals surface area contributed by atoms with Gasteiger partial charge in [-0.3, -0.25) is 14.4 Å². The van der Waals surface area contributed by atoms with Crippen molar-refractivity contribution < 1.29 is 113 Å². The minimum Gasteiger partial charge on any atom is -0.481 e. The highest BCUT2D eigenvalue weighted by molar-refractivity contribution is 5.72. The Balaban J connectivity index is 1.59. The van der Waals surface area contributed by atoms with E-state index >= 15 is 0 Å². The van der Waals surface area contributed by atoms with Gasteiger partial charge in [0.15, 0.2) is 18.9 Å². The smallest absolute Gasteiger partial charge is 0.307 e. The van der Waals surface area contributed by atoms with Gasteiger partial charge in [-0.05, 0) is 13.3 Å². The van der Waals surface area contributed by atoms with Crippen LogP contribution in [0.5, 0.6) is 0 Å². The van der Waals surface area contributed by atoms with Gasteiger partial charge in [-0.1, -0.05) is 0 Å². The molecule has 0 spiro atoms. The molecule has 0 aromatic heterocycles. The third kappa shape index (κ3) is 13.4. The number of methoxy groups -OCH3 is 1. The van der Waals surface area contributed by atoms with Crippen LogP contribution in [0.2, 0.25) is 0 Å². The number of carbonyl (C=O) groups is 3. The lowest BCUT2D eigenvalue weighted by Crippen LogP contribution is -2.71. The normalized spacial score (nSPS) is 41.1. The Morgan fingerprint density at radius 3 is 1.56 bits per heavy atom. The van der Waals surface area contributed by atoms with Crippen molar-refractivity contribution in [3.8, 4) is 0 Å². The molecule has 0 aromatic carbocycles. The predicted molar refractivity (Wildman–Crippen MR) is 209 cm³/mol. The summed E-state index contributed by atoms with van der Waals surface area (Å²) >= 11 is 0. The van der Waals surface area contributed by atoms with Gasteiger partial charge >= 0.3 is 17.9 Å². The van der Waals surface area contributed by atoms with Crippen molar-refractivity contribution in [2.45, 2.75) is 149 Å². The SMILES string of the molecule is CCOC1C(CO)OC(OC2C(CO)OC(OC3C(CO)OC(OC4C(CO)OC(COC)C(N)C4O)C(NCC(CCC(=O)O)C(=O)O)C3O)C(N)C2O)C(NCCC(=O)O)C1O. The van der Waals surface area contributed by atoms with Crippen LogP contribution in [-0.4, -0.2) is 256 Å². The molecule has 27 heteroatoms. The van der Waals surface area contributed by atoms with Crippen LogP contribution < -0.4 is 22.1 Å². The number of carboxylic acid groups (broad SMARTS) is 3. The average molecular weight is 935 g/mol. The summed E-state index contributed by atoms with van der Waals surface area (Å²) in [5.74, 6) is -5.14. The van der Waals surface area contributed by atoms with Gasteiger partial charge in [-0.25, -0.2) is 0 Å². The zero-order valence-corrected chi connectivity index (χ0v) is 35.4. The van der Waals surface area contributed by atoms with Gasteiger partial charge in [0.05, 0.1) is 75.6 Å². The Morgan fingerprint density at radius 2 is 1.06 bits per heavy atom. The van der Waals surface area contributed by atoms with Gasteiger partial charge in [0.2, 0.25) is 0 Å². The molecular weight excluding hydrogens is 868 g/mol. The molecule has 17 N–H and O–H groups in total. The number of aliphatic carboxylic acids is 3. The maximum absolute atomic E-state index is 12.1. The van der Waals surface area contributed by atoms with Crippen molar-refractivity contribution in [2.75, 3.05) is 59.8 Å². The van der Waals surface area contributed by atoms with Gasteiger partial charge < -0.3 is 121 Å². The number of ether oxygens (including phenoxy) is 9. The highest BCUT2D eigenvalue weighted by Crippen LogP contribution is 2.34. The Kier molecular flexibility index (Phi) is 21.7. The third-order valence-corrected chi connectivity index (χ3v) is 11.6. The first-order valence-electron chi connectivity index (χ1n) is 20.9. The topological polar surface area (TPSA) is 433 Å². The van der Waals surface area contributed by atoms with Gasteiger partial charge in [-0.15, -0.1) is 0 Å². The summed E-state index contributed by atoms with van der Waals surface area (Å²) in [5, 5.41) is 121. The first-order chi connectivity index (χ1) is 30.5. The second-order valence-corrected chi connectivity index (χ2v) is 15.9. The second kappa shape index (κ2) is 25.6. The van der Waals surface area contributed by atoms with E-state index in [1.165, 1.54) is 7.11 Å². The molecule has 4 heterocycles. The third-order valence-electron chi connectivity index (χ3n) is 11.6. The maximum atomic E-state index is 12.1. The lowest BCUT2D eigenvalue weighted by atomic mass is 9.92. The highest BCUT2D eigenvalue weighted by atomic mass is 16.8. The summed E-state index contributed by atoms with van der Waals surface area (Å²) in [6, 6.07) is -5.43. The van der Waals surface area contributed by atoms with Crippen molar-refractivity contribution in [1.82, 2.24) is 10.6 Å². The molecule has 4 aliphatic rings. The molecule has 64 heavy (non-hydrogen) atoms. The van der Waals surface area contributed by atoms with Crippen molar-refractivity contribution in [2.24, 2.45) is 17.4 Å². The van der Waals surface area contributed by atoms with Crippen LogP contribution in [0, 0.1) is 5.92 Å². The van der Waals surface area contributed by atoms with Crippen LogP contribution in [0.1, 0.15) is 26.2 Å². The average Bonchev–Trinajstić information content (AvgIpc) is 3.25. The Bertz CT molecular complexity index is 1440. The number of hydrogen-bond acceptors (Lipinski definition) is 24. The van der Waals surface area contributed by atoms with Crippen LogP contribution in [0.15, 0.2) is 0 Å². The van der Waals surface area contributed by atoms with Crippen LogP contribution in [0.25, 0.3) is 0 Å². The number of aliphatic hydroxyl groups excluding tert-OH is 8. The quantitative estimate of drug-likeness (QED) is 0.0404. The summed E-state index contributed by atoms with van der Waals surface area (Å²) in [6.07, 6.45) is -24.8. The van der Waals surface area contributed by atoms with Crippen LogP contribution in [0.3, 0.4) is 0 Å². The lowest BCUT2D eigenvalue weighted by molar-refractivity contribution is -0.359. The molecule has 0 radical (unpaired) electrons. The summed E-state index contributed by atoms with van der Waals surface area (Å²) < 4.78 is 52.7. The number of carboxylic acids is 3. The minimum absolute atomic E-state index is 0.0598. The fraction of sp³-hybridized carbons (Fsp3) is 0.919. The summed E-state index contributed by atoms with van der Waals surface area (Å²) in [5.41, 5.74) is 12.6. The van der Waals surface area contributed by atoms with Gasteiger partial charge in [0.1, 0.15) is 73.2 Å². The molecule has 4 aliphatic heterocycles. The fourth-order valence-electron chi connectivity index (χ4n) is 8.13. The van der Waals surface area contributed by atoms with E-state index in [-0.39, 0.29) is 32.6 Å². The number of nitrogens with two attached hydrogens (primary N) is 2. The Hall–Kier alpha value is -2.43. The summed E-state index contributed by atoms with van der Waals surface area (Å²) in [6.45, 7) is -2.07. The predicted octanol–water partition coefficient (Wildman–Crippen LogP) is -7.84. The summed E-state index contributed by atoms with van der Waals surface area (Å²) in [4.78, 5) is 34.7. The van der Waals surface area contributed by atoms with E-state index < -0.39 is 186 Å². The van der Waals surface area contributed by atoms with Crippen molar-refractivity contribution >= 4 is 17.9 Å². The number of rotatable bonds is 25. The van der Waals surface area contributed by atoms with Gasteiger partial charge in [0, 0.05) is 33.2 Å². The van der Waals surface area contributed by atoms with E-state index in [1.54, 1.807) is 6.92 Å². The number of hydrogen-bond donors (Lipinski definition) is 15. The van der Waals surface area contributed by atoms with Gasteiger partial charge in [0.25, 0.3) is 0 Å². The van der Waals surface area contributed by atoms with Crippen molar-refractivity contribution in [3.63, 3.8) is 0 Å². The lowest BCUT2D eigenvalue weighted by Gasteiger charge is -2.51. The Labute approximate surface area is 367 Å². The molecule has 21 atom stereocenters. The first-order valence-corrected chi connectivity index (χ1v) is 20.9. The molecule has 4 saturated heterocycles.